The summed E-state index contributed by atoms with van der Waals surface area (Å²) in [6.45, 7) is 1.75. The molecule has 5 N–H and O–H groups in total. The molecule has 1 amide bonds. The monoisotopic (exact) mass is 533 g/mol. The van der Waals surface area contributed by atoms with Crippen LogP contribution in [0.2, 0.25) is 0 Å². The largest absolute Gasteiger partial charge is 0.393 e. The number of amides is 1. The van der Waals surface area contributed by atoms with Gasteiger partial charge in [-0.25, -0.2) is 14.5 Å². The molecule has 200 valence electrons. The van der Waals surface area contributed by atoms with Crippen LogP contribution < -0.4 is 21.9 Å². The fourth-order valence-electron chi connectivity index (χ4n) is 4.47. The number of anilines is 1. The number of fused-ring (bicyclic) bond motifs is 2. The molecule has 0 unspecified atom stereocenters. The van der Waals surface area contributed by atoms with Gasteiger partial charge in [-0.05, 0) is 36.8 Å². The maximum atomic E-state index is 14.1. The van der Waals surface area contributed by atoms with E-state index in [0.717, 1.165) is 0 Å². The summed E-state index contributed by atoms with van der Waals surface area (Å²) in [6, 6.07) is 15.5. The zero-order valence-corrected chi connectivity index (χ0v) is 21.9. The zero-order chi connectivity index (χ0) is 28.2. The molecule has 0 aliphatic carbocycles. The minimum atomic E-state index is -0.690. The third-order valence-corrected chi connectivity index (χ3v) is 6.29. The van der Waals surface area contributed by atoms with Gasteiger partial charge in [0.05, 0.1) is 22.6 Å². The van der Waals surface area contributed by atoms with E-state index in [9.17, 15) is 9.59 Å². The highest BCUT2D eigenvalue weighted by Crippen LogP contribution is 2.23. The molecule has 0 bridgehead atoms. The van der Waals surface area contributed by atoms with Gasteiger partial charge in [0.25, 0.3) is 11.5 Å². The summed E-state index contributed by atoms with van der Waals surface area (Å²) in [7, 11) is 1.75. The van der Waals surface area contributed by atoms with Crippen LogP contribution in [-0.2, 0) is 0 Å². The van der Waals surface area contributed by atoms with Crippen molar-refractivity contribution in [3.63, 3.8) is 0 Å². The quantitative estimate of drug-likeness (QED) is 0.176. The molecule has 40 heavy (non-hydrogen) atoms. The lowest BCUT2D eigenvalue weighted by molar-refractivity contribution is 0.0940. The Kier molecular flexibility index (Phi) is 7.18. The highest BCUT2D eigenvalue weighted by Gasteiger charge is 2.24. The number of rotatable bonds is 8. The Labute approximate surface area is 229 Å². The van der Waals surface area contributed by atoms with Crippen molar-refractivity contribution in [1.29, 1.82) is 5.41 Å². The average Bonchev–Trinajstić information content (AvgIpc) is 3.31. The van der Waals surface area contributed by atoms with Gasteiger partial charge >= 0.3 is 0 Å². The molecule has 11 heteroatoms. The fourth-order valence-corrected chi connectivity index (χ4v) is 4.47. The van der Waals surface area contributed by atoms with Crippen molar-refractivity contribution < 1.29 is 4.79 Å². The Hall–Kier alpha value is -5.58. The van der Waals surface area contributed by atoms with Crippen molar-refractivity contribution in [2.24, 2.45) is 0 Å². The second-order valence-corrected chi connectivity index (χ2v) is 8.94. The molecule has 0 aliphatic heterocycles. The Morgan fingerprint density at radius 3 is 2.67 bits per heavy atom. The Balaban J connectivity index is 1.64. The summed E-state index contributed by atoms with van der Waals surface area (Å²) < 4.78 is 2.94. The number of allylic oxidation sites excluding steroid dienone is 2. The van der Waals surface area contributed by atoms with Crippen LogP contribution >= 0.6 is 0 Å². The molecule has 2 aromatic carbocycles. The van der Waals surface area contributed by atoms with E-state index < -0.39 is 11.9 Å². The number of nitrogens with two attached hydrogens (primary N) is 1. The number of hydrogen-bond acceptors (Lipinski definition) is 8. The number of hydrogen-bond donors (Lipinski definition) is 4. The number of nitrogens with zero attached hydrogens (tertiary/aromatic N) is 5. The maximum Gasteiger partial charge on any atom is 0.266 e. The second-order valence-electron chi connectivity index (χ2n) is 8.94. The number of benzene rings is 2. The lowest BCUT2D eigenvalue weighted by Gasteiger charge is -2.20. The van der Waals surface area contributed by atoms with E-state index >= 15 is 0 Å². The minimum Gasteiger partial charge on any atom is -0.393 e. The molecule has 1 atom stereocenters. The van der Waals surface area contributed by atoms with Crippen LogP contribution in [0, 0.1) is 5.41 Å². The normalized spacial score (nSPS) is 12.6. The molecule has 11 nitrogen and oxygen atoms in total. The minimum absolute atomic E-state index is 0.0448. The highest BCUT2D eigenvalue weighted by atomic mass is 16.2. The average molecular weight is 534 g/mol. The van der Waals surface area contributed by atoms with E-state index in [1.54, 1.807) is 69.0 Å². The number of nitrogens with one attached hydrogen (secondary N) is 3. The van der Waals surface area contributed by atoms with E-state index in [-0.39, 0.29) is 16.9 Å². The van der Waals surface area contributed by atoms with E-state index in [2.05, 4.69) is 20.7 Å². The molecule has 0 fully saturated rings. The Bertz CT molecular complexity index is 1850. The number of para-hydroxylation sites is 1. The zero-order valence-electron chi connectivity index (χ0n) is 21.9. The fraction of sp³-hybridized carbons (Fsp3) is 0.103. The van der Waals surface area contributed by atoms with Crippen LogP contribution in [-0.4, -0.2) is 43.3 Å². The van der Waals surface area contributed by atoms with Gasteiger partial charge in [0.2, 0.25) is 0 Å². The summed E-state index contributed by atoms with van der Waals surface area (Å²) in [6.07, 6.45) is 9.64. The predicted octanol–water partition coefficient (Wildman–Crippen LogP) is 3.27. The summed E-state index contributed by atoms with van der Waals surface area (Å²) in [5.74, 6) is -0.0976. The number of carbonyl (C=O) groups is 1. The van der Waals surface area contributed by atoms with E-state index in [1.807, 2.05) is 30.3 Å². The number of aromatic nitrogens is 5. The van der Waals surface area contributed by atoms with Gasteiger partial charge in [-0.2, -0.15) is 0 Å². The maximum absolute atomic E-state index is 14.1. The van der Waals surface area contributed by atoms with Gasteiger partial charge in [0.15, 0.2) is 11.5 Å². The van der Waals surface area contributed by atoms with Crippen LogP contribution in [0.15, 0.2) is 89.6 Å². The van der Waals surface area contributed by atoms with Crippen molar-refractivity contribution in [2.45, 2.75) is 13.0 Å². The van der Waals surface area contributed by atoms with Gasteiger partial charge in [0.1, 0.15) is 11.4 Å². The molecule has 0 saturated carbocycles. The van der Waals surface area contributed by atoms with Crippen molar-refractivity contribution in [1.82, 2.24) is 34.8 Å². The first-order valence-corrected chi connectivity index (χ1v) is 12.5. The van der Waals surface area contributed by atoms with E-state index in [0.29, 0.717) is 39.2 Å². The van der Waals surface area contributed by atoms with Crippen LogP contribution in [0.1, 0.15) is 34.7 Å². The van der Waals surface area contributed by atoms with Crippen molar-refractivity contribution in [3.8, 4) is 5.69 Å². The van der Waals surface area contributed by atoms with Crippen molar-refractivity contribution in [3.05, 3.63) is 112 Å². The first kappa shape index (κ1) is 26.0. The topological polar surface area (TPSA) is 156 Å². The molecule has 0 saturated heterocycles. The van der Waals surface area contributed by atoms with Gasteiger partial charge in [0, 0.05) is 37.4 Å². The molecule has 0 radical (unpaired) electrons. The Morgan fingerprint density at radius 2 is 1.93 bits per heavy atom. The molecule has 3 aromatic heterocycles. The number of nitrogen functional groups attached to an aromatic ring is 1. The van der Waals surface area contributed by atoms with Gasteiger partial charge in [-0.3, -0.25) is 14.2 Å². The van der Waals surface area contributed by atoms with Crippen LogP contribution in [0.25, 0.3) is 28.3 Å². The summed E-state index contributed by atoms with van der Waals surface area (Å²) in [5, 5.41) is 18.0. The SMILES string of the molecule is CN/C=C(C=N)/C=C\c1cccc2nc([C@@H](C)NC(=O)c3c(N)nn4cccnc34)n(-c3ccccc3)c(=O)c12. The van der Waals surface area contributed by atoms with Gasteiger partial charge < -0.3 is 21.8 Å². The van der Waals surface area contributed by atoms with Crippen LogP contribution in [0.3, 0.4) is 0 Å². The molecular formula is C29H27N9O2. The molecule has 0 spiro atoms. The molecular weight excluding hydrogens is 506 g/mol. The molecule has 3 heterocycles. The predicted molar refractivity (Wildman–Crippen MR) is 156 cm³/mol. The summed E-state index contributed by atoms with van der Waals surface area (Å²) in [5.41, 5.74) is 8.58. The lowest BCUT2D eigenvalue weighted by atomic mass is 10.1. The van der Waals surface area contributed by atoms with E-state index in [1.165, 1.54) is 15.3 Å². The third-order valence-electron chi connectivity index (χ3n) is 6.29. The first-order valence-electron chi connectivity index (χ1n) is 12.5. The molecule has 0 aliphatic rings. The smallest absolute Gasteiger partial charge is 0.266 e. The first-order chi connectivity index (χ1) is 19.4. The summed E-state index contributed by atoms with van der Waals surface area (Å²) in [4.78, 5) is 36.6. The highest BCUT2D eigenvalue weighted by molar-refractivity contribution is 6.04. The van der Waals surface area contributed by atoms with E-state index in [4.69, 9.17) is 16.1 Å². The van der Waals surface area contributed by atoms with Gasteiger partial charge in [-0.15, -0.1) is 5.10 Å². The second kappa shape index (κ2) is 11.0. The van der Waals surface area contributed by atoms with Crippen molar-refractivity contribution >= 4 is 40.6 Å². The molecule has 5 aromatic rings. The standard InChI is InChI=1S/C29H27N9O2/c1-18(34-28(39)24-25(31)36-37-15-7-14-33-27(24)37)26-35-22-11-6-8-20(13-12-19(16-30)17-32-2)23(22)29(40)38(26)21-9-4-3-5-10-21/h3-18,30,32H,1-2H3,(H2,31,36)(H,34,39)/b13-12-,19-17-,30-16?/t18-/m1/s1. The number of carbonyl (C=O) groups excluding carboxylic acids is 1. The van der Waals surface area contributed by atoms with Crippen LogP contribution in [0.5, 0.6) is 0 Å². The summed E-state index contributed by atoms with van der Waals surface area (Å²) >= 11 is 0. The van der Waals surface area contributed by atoms with Gasteiger partial charge in [-0.1, -0.05) is 42.5 Å². The lowest BCUT2D eigenvalue weighted by Crippen LogP contribution is -2.33. The third kappa shape index (κ3) is 4.83. The molecule has 5 rings (SSSR count). The Morgan fingerprint density at radius 1 is 1.12 bits per heavy atom. The van der Waals surface area contributed by atoms with Crippen molar-refractivity contribution in [2.75, 3.05) is 12.8 Å². The van der Waals surface area contributed by atoms with Crippen LogP contribution in [0.4, 0.5) is 5.82 Å².